The van der Waals surface area contributed by atoms with Gasteiger partial charge in [0.2, 0.25) is 0 Å². The Morgan fingerprint density at radius 2 is 1.94 bits per heavy atom. The van der Waals surface area contributed by atoms with Gasteiger partial charge in [-0.25, -0.2) is 0 Å². The average molecular weight is 252 g/mol. The van der Waals surface area contributed by atoms with E-state index in [1.807, 2.05) is 5.32 Å². The Bertz CT molecular complexity index is 322. The zero-order chi connectivity index (χ0) is 13.2. The van der Waals surface area contributed by atoms with Crippen molar-refractivity contribution in [3.8, 4) is 0 Å². The van der Waals surface area contributed by atoms with E-state index in [1.165, 1.54) is 0 Å². The number of hydrogen-bond donors (Lipinski definition) is 2. The van der Waals surface area contributed by atoms with Gasteiger partial charge in [-0.15, -0.1) is 0 Å². The highest BCUT2D eigenvalue weighted by molar-refractivity contribution is 5.96. The average Bonchev–Trinajstić information content (AvgIpc) is 2.99. The number of halogens is 3. The fraction of sp³-hybridized carbons (Fsp3) is 0.800. The molecule has 98 valence electrons. The third kappa shape index (κ3) is 3.61. The molecule has 0 saturated heterocycles. The normalized spacial score (nSPS) is 19.3. The van der Waals surface area contributed by atoms with Crippen LogP contribution in [0.4, 0.5) is 13.2 Å². The molecule has 0 unspecified atom stereocenters. The van der Waals surface area contributed by atoms with Crippen LogP contribution in [0, 0.1) is 11.8 Å². The molecular formula is C10H15F3N2O2. The molecule has 0 radical (unpaired) electrons. The van der Waals surface area contributed by atoms with Crippen molar-refractivity contribution in [1.82, 2.24) is 5.32 Å². The molecule has 7 heteroatoms. The third-order valence-electron chi connectivity index (χ3n) is 2.64. The lowest BCUT2D eigenvalue weighted by Gasteiger charge is -2.23. The molecule has 1 atom stereocenters. The highest BCUT2D eigenvalue weighted by Crippen LogP contribution is 2.33. The summed E-state index contributed by atoms with van der Waals surface area (Å²) < 4.78 is 36.4. The van der Waals surface area contributed by atoms with Crippen molar-refractivity contribution in [2.75, 3.05) is 0 Å². The van der Waals surface area contributed by atoms with Crippen molar-refractivity contribution < 1.29 is 23.2 Å². The van der Waals surface area contributed by atoms with E-state index in [9.17, 15) is 18.0 Å². The predicted molar refractivity (Wildman–Crippen MR) is 54.8 cm³/mol. The molecule has 2 N–H and O–H groups in total. The van der Waals surface area contributed by atoms with Gasteiger partial charge in [-0.3, -0.25) is 4.79 Å². The van der Waals surface area contributed by atoms with Crippen molar-refractivity contribution in [2.24, 2.45) is 17.0 Å². The molecule has 1 amide bonds. The second kappa shape index (κ2) is 4.93. The van der Waals surface area contributed by atoms with E-state index >= 15 is 0 Å². The first-order valence-electron chi connectivity index (χ1n) is 5.37. The van der Waals surface area contributed by atoms with Crippen molar-refractivity contribution in [3.63, 3.8) is 0 Å². The Morgan fingerprint density at radius 3 is 2.24 bits per heavy atom. The van der Waals surface area contributed by atoms with Crippen LogP contribution < -0.4 is 5.32 Å². The van der Waals surface area contributed by atoms with Gasteiger partial charge in [0, 0.05) is 5.92 Å². The minimum Gasteiger partial charge on any atom is -0.411 e. The molecule has 1 rings (SSSR count). The van der Waals surface area contributed by atoms with Crippen LogP contribution in [0.2, 0.25) is 0 Å². The van der Waals surface area contributed by atoms with E-state index in [1.54, 1.807) is 13.8 Å². The summed E-state index contributed by atoms with van der Waals surface area (Å²) in [6, 6.07) is -0.873. The first kappa shape index (κ1) is 13.8. The molecule has 17 heavy (non-hydrogen) atoms. The molecule has 4 nitrogen and oxygen atoms in total. The molecule has 0 aromatic heterocycles. The van der Waals surface area contributed by atoms with Crippen LogP contribution >= 0.6 is 0 Å². The molecule has 1 aliphatic rings. The first-order valence-corrected chi connectivity index (χ1v) is 5.37. The number of carbonyl (C=O) groups is 1. The third-order valence-corrected chi connectivity index (χ3v) is 2.64. The van der Waals surface area contributed by atoms with Crippen molar-refractivity contribution >= 4 is 11.6 Å². The summed E-state index contributed by atoms with van der Waals surface area (Å²) in [4.78, 5) is 10.9. The fourth-order valence-corrected chi connectivity index (χ4v) is 1.58. The Kier molecular flexibility index (Phi) is 4.00. The van der Waals surface area contributed by atoms with Crippen molar-refractivity contribution in [1.29, 1.82) is 0 Å². The quantitative estimate of drug-likeness (QED) is 0.456. The summed E-state index contributed by atoms with van der Waals surface area (Å²) in [7, 11) is 0. The van der Waals surface area contributed by atoms with Gasteiger partial charge in [0.05, 0.1) is 11.8 Å². The number of oxime groups is 1. The van der Waals surface area contributed by atoms with E-state index in [0.717, 1.165) is 12.8 Å². The number of hydrogen-bond acceptors (Lipinski definition) is 3. The summed E-state index contributed by atoms with van der Waals surface area (Å²) in [5, 5.41) is 13.7. The number of rotatable bonds is 4. The van der Waals surface area contributed by atoms with E-state index in [-0.39, 0.29) is 17.5 Å². The monoisotopic (exact) mass is 252 g/mol. The summed E-state index contributed by atoms with van der Waals surface area (Å²) in [5.74, 6) is -2.29. The van der Waals surface area contributed by atoms with Crippen LogP contribution in [0.5, 0.6) is 0 Å². The zero-order valence-electron chi connectivity index (χ0n) is 9.58. The van der Waals surface area contributed by atoms with Gasteiger partial charge in [0.1, 0.15) is 0 Å². The Balaban J connectivity index is 2.76. The van der Waals surface area contributed by atoms with Crippen LogP contribution in [0.15, 0.2) is 5.16 Å². The molecule has 0 aromatic rings. The van der Waals surface area contributed by atoms with Gasteiger partial charge >= 0.3 is 12.1 Å². The Labute approximate surface area is 96.9 Å². The standard InChI is InChI=1S/C10H15F3N2O2/c1-5(2)7(8(15-17)6-3-4-6)14-9(16)10(11,12)13/h5-7,17H,3-4H2,1-2H3,(H,14,16)/t7-/m0/s1. The highest BCUT2D eigenvalue weighted by Gasteiger charge is 2.43. The maximum atomic E-state index is 12.1. The number of nitrogens with zero attached hydrogens (tertiary/aromatic N) is 1. The lowest BCUT2D eigenvalue weighted by Crippen LogP contribution is -2.49. The molecule has 1 fully saturated rings. The van der Waals surface area contributed by atoms with E-state index in [0.29, 0.717) is 0 Å². The maximum absolute atomic E-state index is 12.1. The van der Waals surface area contributed by atoms with E-state index < -0.39 is 18.1 Å². The smallest absolute Gasteiger partial charge is 0.411 e. The molecule has 0 spiro atoms. The number of amides is 1. The van der Waals surface area contributed by atoms with Gasteiger partial charge in [-0.05, 0) is 18.8 Å². The highest BCUT2D eigenvalue weighted by atomic mass is 19.4. The van der Waals surface area contributed by atoms with Crippen LogP contribution in [-0.4, -0.2) is 29.0 Å². The van der Waals surface area contributed by atoms with Gasteiger partial charge in [0.25, 0.3) is 0 Å². The van der Waals surface area contributed by atoms with Gasteiger partial charge in [-0.2, -0.15) is 13.2 Å². The summed E-state index contributed by atoms with van der Waals surface area (Å²) in [6.45, 7) is 3.32. The summed E-state index contributed by atoms with van der Waals surface area (Å²) in [5.41, 5.74) is 0.234. The molecule has 1 aliphatic carbocycles. The number of nitrogens with one attached hydrogen (secondary N) is 1. The molecule has 0 bridgehead atoms. The van der Waals surface area contributed by atoms with Gasteiger partial charge < -0.3 is 10.5 Å². The second-order valence-electron chi connectivity index (χ2n) is 4.49. The summed E-state index contributed by atoms with van der Waals surface area (Å²) >= 11 is 0. The Morgan fingerprint density at radius 1 is 1.41 bits per heavy atom. The van der Waals surface area contributed by atoms with E-state index in [2.05, 4.69) is 5.16 Å². The van der Waals surface area contributed by atoms with E-state index in [4.69, 9.17) is 5.21 Å². The first-order chi connectivity index (χ1) is 7.77. The molecule has 0 aromatic carbocycles. The second-order valence-corrected chi connectivity index (χ2v) is 4.49. The van der Waals surface area contributed by atoms with Crippen LogP contribution in [0.25, 0.3) is 0 Å². The van der Waals surface area contributed by atoms with Crippen molar-refractivity contribution in [2.45, 2.75) is 38.9 Å². The van der Waals surface area contributed by atoms with Crippen LogP contribution in [0.1, 0.15) is 26.7 Å². The maximum Gasteiger partial charge on any atom is 0.471 e. The minimum atomic E-state index is -4.92. The Hall–Kier alpha value is -1.27. The molecule has 0 aliphatic heterocycles. The van der Waals surface area contributed by atoms with Gasteiger partial charge in [0.15, 0.2) is 0 Å². The predicted octanol–water partition coefficient (Wildman–Crippen LogP) is 1.93. The number of alkyl halides is 3. The molecule has 1 saturated carbocycles. The lowest BCUT2D eigenvalue weighted by atomic mass is 9.96. The summed E-state index contributed by atoms with van der Waals surface area (Å²) in [6.07, 6.45) is -3.35. The lowest BCUT2D eigenvalue weighted by molar-refractivity contribution is -0.174. The molecule has 0 heterocycles. The van der Waals surface area contributed by atoms with Crippen LogP contribution in [0.3, 0.4) is 0 Å². The van der Waals surface area contributed by atoms with Crippen molar-refractivity contribution in [3.05, 3.63) is 0 Å². The topological polar surface area (TPSA) is 61.7 Å². The minimum absolute atomic E-state index is 0.0130. The number of carbonyl (C=O) groups excluding carboxylic acids is 1. The SMILES string of the molecule is CC(C)[C@H](NC(=O)C(F)(F)F)C(=NO)C1CC1. The fourth-order valence-electron chi connectivity index (χ4n) is 1.58. The van der Waals surface area contributed by atoms with Crippen LogP contribution in [-0.2, 0) is 4.79 Å². The largest absolute Gasteiger partial charge is 0.471 e. The van der Waals surface area contributed by atoms with Gasteiger partial charge in [-0.1, -0.05) is 19.0 Å². The molecular weight excluding hydrogens is 237 g/mol. The zero-order valence-corrected chi connectivity index (χ0v) is 9.58.